The van der Waals surface area contributed by atoms with Gasteiger partial charge in [0.15, 0.2) is 5.60 Å². The molecule has 4 aliphatic rings. The van der Waals surface area contributed by atoms with E-state index < -0.39 is 71.2 Å². The lowest BCUT2D eigenvalue weighted by Gasteiger charge is -2.31. The maximum absolute atomic E-state index is 15.4. The quantitative estimate of drug-likeness (QED) is 0.0265. The fourth-order valence-electron chi connectivity index (χ4n) is 9.41. The lowest BCUT2D eigenvalue weighted by Crippen LogP contribution is -2.53. The molecule has 0 saturated heterocycles. The molecule has 7 rings (SSSR count). The first-order valence-corrected chi connectivity index (χ1v) is 24.6. The van der Waals surface area contributed by atoms with Gasteiger partial charge in [0.05, 0.1) is 101 Å². The van der Waals surface area contributed by atoms with Crippen molar-refractivity contribution in [1.29, 1.82) is 0 Å². The number of nitrogens with one attached hydrogen (secondary N) is 4. The van der Waals surface area contributed by atoms with E-state index in [0.29, 0.717) is 91.0 Å². The maximum Gasteiger partial charge on any atom is 0.343 e. The van der Waals surface area contributed by atoms with Crippen molar-refractivity contribution in [3.05, 3.63) is 73.8 Å². The fourth-order valence-corrected chi connectivity index (χ4v) is 9.41. The highest BCUT2D eigenvalue weighted by Gasteiger charge is 2.46. The van der Waals surface area contributed by atoms with Crippen molar-refractivity contribution in [3.63, 3.8) is 0 Å². The molecule has 0 bridgehead atoms. The van der Waals surface area contributed by atoms with Gasteiger partial charge >= 0.3 is 5.97 Å². The highest BCUT2D eigenvalue weighted by molar-refractivity contribution is 6.12. The largest absolute Gasteiger partial charge is 0.458 e. The maximum atomic E-state index is 15.4. The van der Waals surface area contributed by atoms with Crippen LogP contribution in [0.1, 0.15) is 91.8 Å². The number of fused-ring (bicyclic) bond motifs is 5. The summed E-state index contributed by atoms with van der Waals surface area (Å²) in [6.07, 6.45) is 4.35. The van der Waals surface area contributed by atoms with E-state index in [0.717, 1.165) is 10.5 Å². The number of pyridine rings is 2. The van der Waals surface area contributed by atoms with E-state index in [1.165, 1.54) is 29.7 Å². The van der Waals surface area contributed by atoms with Gasteiger partial charge in [-0.25, -0.2) is 14.2 Å². The van der Waals surface area contributed by atoms with Crippen molar-refractivity contribution in [2.75, 3.05) is 72.5 Å². The molecule has 0 radical (unpaired) electrons. The molecule has 5 heterocycles. The Morgan fingerprint density at radius 1 is 0.904 bits per heavy atom. The molecule has 2 aromatic heterocycles. The first-order chi connectivity index (χ1) is 35.1. The Bertz CT molecular complexity index is 2710. The van der Waals surface area contributed by atoms with Crippen molar-refractivity contribution >= 4 is 52.3 Å². The minimum Gasteiger partial charge on any atom is -0.458 e. The van der Waals surface area contributed by atoms with E-state index in [4.69, 9.17) is 34.4 Å². The minimum absolute atomic E-state index is 0.0437. The number of unbranched alkanes of at least 4 members (excludes halogenated alkanes) is 1. The van der Waals surface area contributed by atoms with E-state index in [1.54, 1.807) is 19.9 Å². The zero-order valence-electron chi connectivity index (χ0n) is 41.2. The standard InChI is InChI=1S/C50H63FN8O14/c1-4-50(68)33-23-38-45-31(26-59(38)48(66)32(33)27-73-49(50)67)44-35(9-8-30-28(2)34(51)24-37(56-45)43(30)44)55-40(61)25-53-47(65)36(7-5-6-13-52)57-46(64)29(3)54-39(60)12-15-69-17-19-71-21-22-72-20-18-70-16-14-58-41(62)10-11-42(58)63/h10-11,23-24,29,35-36,68H,4-9,12-22,25-27,52H2,1-3H3,(H,53,65)(H,54,60)(H,55,61)(H,57,64)/t29-,35+,36-,50+/m1/s1. The van der Waals surface area contributed by atoms with Gasteiger partial charge in [-0.05, 0) is 81.7 Å². The number of aromatic nitrogens is 2. The summed E-state index contributed by atoms with van der Waals surface area (Å²) in [5.74, 6) is -4.30. The second-order valence-electron chi connectivity index (χ2n) is 18.2. The van der Waals surface area contributed by atoms with Crippen molar-refractivity contribution in [2.24, 2.45) is 5.73 Å². The number of esters is 1. The Kier molecular flexibility index (Phi) is 18.2. The number of rotatable bonds is 27. The molecule has 4 atom stereocenters. The van der Waals surface area contributed by atoms with Crippen LogP contribution in [0.15, 0.2) is 29.1 Å². The number of carbonyl (C=O) groups is 7. The van der Waals surface area contributed by atoms with Crippen molar-refractivity contribution in [2.45, 2.75) is 103 Å². The molecule has 3 aromatic rings. The number of nitrogens with zero attached hydrogens (tertiary/aromatic N) is 3. The molecule has 22 nitrogen and oxygen atoms in total. The molecule has 394 valence electrons. The van der Waals surface area contributed by atoms with Crippen LogP contribution < -0.4 is 32.6 Å². The van der Waals surface area contributed by atoms with E-state index in [1.807, 2.05) is 0 Å². The average molecular weight is 1020 g/mol. The van der Waals surface area contributed by atoms with Crippen LogP contribution in [0.3, 0.4) is 0 Å². The smallest absolute Gasteiger partial charge is 0.343 e. The molecule has 0 saturated carbocycles. The van der Waals surface area contributed by atoms with Crippen molar-refractivity contribution in [3.8, 4) is 11.4 Å². The van der Waals surface area contributed by atoms with Gasteiger partial charge in [-0.3, -0.25) is 38.5 Å². The normalized spacial score (nSPS) is 18.2. The van der Waals surface area contributed by atoms with Crippen LogP contribution in [0.4, 0.5) is 4.39 Å². The average Bonchev–Trinajstić information content (AvgIpc) is 3.90. The van der Waals surface area contributed by atoms with Gasteiger partial charge in [-0.2, -0.15) is 0 Å². The summed E-state index contributed by atoms with van der Waals surface area (Å²) in [6, 6.07) is 0.159. The van der Waals surface area contributed by atoms with Gasteiger partial charge in [0, 0.05) is 41.2 Å². The Hall–Kier alpha value is -6.50. The molecule has 7 N–H and O–H groups in total. The Morgan fingerprint density at radius 3 is 2.25 bits per heavy atom. The highest BCUT2D eigenvalue weighted by Crippen LogP contribution is 2.46. The summed E-state index contributed by atoms with van der Waals surface area (Å²) >= 11 is 0. The summed E-state index contributed by atoms with van der Waals surface area (Å²) in [4.78, 5) is 109. The monoisotopic (exact) mass is 1020 g/mol. The van der Waals surface area contributed by atoms with Crippen LogP contribution in [0.2, 0.25) is 0 Å². The van der Waals surface area contributed by atoms with Gasteiger partial charge in [0.1, 0.15) is 24.5 Å². The Morgan fingerprint density at radius 2 is 1.58 bits per heavy atom. The zero-order valence-corrected chi connectivity index (χ0v) is 41.2. The summed E-state index contributed by atoms with van der Waals surface area (Å²) in [6.45, 7) is 6.48. The van der Waals surface area contributed by atoms with Gasteiger partial charge in [-0.1, -0.05) is 6.92 Å². The van der Waals surface area contributed by atoms with Crippen molar-refractivity contribution in [1.82, 2.24) is 35.7 Å². The zero-order chi connectivity index (χ0) is 52.4. The third-order valence-corrected chi connectivity index (χ3v) is 13.4. The van der Waals surface area contributed by atoms with Crippen LogP contribution in [0, 0.1) is 12.7 Å². The predicted octanol–water partition coefficient (Wildman–Crippen LogP) is 0.247. The molecule has 0 spiro atoms. The lowest BCUT2D eigenvalue weighted by molar-refractivity contribution is -0.172. The summed E-state index contributed by atoms with van der Waals surface area (Å²) in [5, 5.41) is 23.0. The molecule has 1 aromatic carbocycles. The van der Waals surface area contributed by atoms with E-state index in [2.05, 4.69) is 21.3 Å². The number of halogens is 1. The molecule has 1 aliphatic carbocycles. The topological polar surface area (TPSA) is 298 Å². The van der Waals surface area contributed by atoms with Gasteiger partial charge in [-0.15, -0.1) is 0 Å². The SMILES string of the molecule is CC[C@@]1(O)C(=O)OCc2c1cc1n(c2=O)Cc2c-1nc1cc(F)c(C)c3c1c2[C@@H](NC(=O)CNC(=O)[C@@H](CCCCN)NC(=O)[C@@H](C)NC(=O)CCOCCOCCOCCOCCN1C(=O)C=CC1=O)CC3. The first-order valence-electron chi connectivity index (χ1n) is 24.6. The number of amides is 6. The van der Waals surface area contributed by atoms with Crippen LogP contribution in [0.5, 0.6) is 0 Å². The van der Waals surface area contributed by atoms with Crippen LogP contribution in [-0.2, 0) is 82.4 Å². The minimum atomic E-state index is -2.05. The molecule has 3 aliphatic heterocycles. The molecular weight excluding hydrogens is 956 g/mol. The molecule has 0 unspecified atom stereocenters. The predicted molar refractivity (Wildman–Crippen MR) is 258 cm³/mol. The van der Waals surface area contributed by atoms with Crippen molar-refractivity contribution < 1.29 is 66.7 Å². The van der Waals surface area contributed by atoms with Gasteiger partial charge < -0.3 is 60.4 Å². The second-order valence-corrected chi connectivity index (χ2v) is 18.2. The third-order valence-electron chi connectivity index (χ3n) is 13.4. The number of nitrogens with two attached hydrogens (primary N) is 1. The van der Waals surface area contributed by atoms with E-state index in [-0.39, 0.29) is 94.9 Å². The Balaban J connectivity index is 0.873. The van der Waals surface area contributed by atoms with E-state index >= 15 is 4.39 Å². The summed E-state index contributed by atoms with van der Waals surface area (Å²) in [5.41, 5.74) is 6.87. The molecule has 6 amide bonds. The van der Waals surface area contributed by atoms with E-state index in [9.17, 15) is 43.5 Å². The van der Waals surface area contributed by atoms with Crippen LogP contribution in [-0.4, -0.2) is 146 Å². The number of hydrogen-bond donors (Lipinski definition) is 6. The Labute approximate surface area is 419 Å². The number of aryl methyl sites for hydroxylation is 1. The molecule has 23 heteroatoms. The fraction of sp³-hybridized carbons (Fsp3) is 0.540. The molecule has 0 fully saturated rings. The first kappa shape index (κ1) is 54.3. The number of aliphatic hydroxyl groups is 1. The van der Waals surface area contributed by atoms with Gasteiger partial charge in [0.25, 0.3) is 17.4 Å². The number of hydrogen-bond acceptors (Lipinski definition) is 16. The number of benzene rings is 1. The lowest BCUT2D eigenvalue weighted by atomic mass is 9.81. The summed E-state index contributed by atoms with van der Waals surface area (Å²) in [7, 11) is 0. The summed E-state index contributed by atoms with van der Waals surface area (Å²) < 4.78 is 43.9. The number of carbonyl (C=O) groups excluding carboxylic acids is 7. The van der Waals surface area contributed by atoms with Gasteiger partial charge in [0.2, 0.25) is 23.6 Å². The second kappa shape index (κ2) is 24.5. The number of ether oxygens (including phenoxy) is 5. The number of imide groups is 1. The van der Waals surface area contributed by atoms with Crippen LogP contribution >= 0.6 is 0 Å². The molecular formula is C50H63FN8O14. The number of cyclic esters (lactones) is 1. The molecule has 73 heavy (non-hydrogen) atoms. The van der Waals surface area contributed by atoms with Crippen LogP contribution in [0.25, 0.3) is 22.3 Å². The third kappa shape index (κ3) is 12.3. The highest BCUT2D eigenvalue weighted by atomic mass is 19.1.